The van der Waals surface area contributed by atoms with Crippen LogP contribution in [0.5, 0.6) is 0 Å². The lowest BCUT2D eigenvalue weighted by atomic mass is 10.2. The predicted molar refractivity (Wildman–Crippen MR) is 66.7 cm³/mol. The molecule has 1 aromatic heterocycles. The molecule has 0 saturated carbocycles. The fourth-order valence-corrected chi connectivity index (χ4v) is 1.65. The quantitative estimate of drug-likeness (QED) is 0.849. The Morgan fingerprint density at radius 1 is 1.50 bits per heavy atom. The first-order valence-corrected chi connectivity index (χ1v) is 5.34. The maximum atomic E-state index is 13.5. The Bertz CT molecular complexity index is 587. The van der Waals surface area contributed by atoms with Crippen molar-refractivity contribution >= 4 is 17.3 Å². The Morgan fingerprint density at radius 3 is 2.83 bits per heavy atom. The first-order chi connectivity index (χ1) is 8.49. The van der Waals surface area contributed by atoms with E-state index in [-0.39, 0.29) is 17.1 Å². The molecule has 94 valence electrons. The zero-order valence-electron chi connectivity index (χ0n) is 10.1. The van der Waals surface area contributed by atoms with E-state index in [1.807, 2.05) is 6.92 Å². The molecule has 0 aliphatic carbocycles. The number of aryl methyl sites for hydroxylation is 2. The molecule has 0 fully saturated rings. The lowest BCUT2D eigenvalue weighted by Crippen LogP contribution is -2.18. The average molecular weight is 248 g/mol. The molecule has 1 heterocycles. The van der Waals surface area contributed by atoms with E-state index in [0.29, 0.717) is 0 Å². The van der Waals surface area contributed by atoms with Crippen LogP contribution < -0.4 is 11.1 Å². The molecule has 0 aliphatic rings. The van der Waals surface area contributed by atoms with Crippen LogP contribution in [0.2, 0.25) is 0 Å². The van der Waals surface area contributed by atoms with Crippen molar-refractivity contribution in [2.45, 2.75) is 6.92 Å². The number of nitrogens with zero attached hydrogens (tertiary/aromatic N) is 2. The van der Waals surface area contributed by atoms with Gasteiger partial charge < -0.3 is 11.1 Å². The van der Waals surface area contributed by atoms with Gasteiger partial charge in [-0.05, 0) is 24.6 Å². The van der Waals surface area contributed by atoms with Crippen LogP contribution in [0.1, 0.15) is 16.1 Å². The van der Waals surface area contributed by atoms with Gasteiger partial charge in [0, 0.05) is 7.05 Å². The minimum absolute atomic E-state index is 0.126. The lowest BCUT2D eigenvalue weighted by Gasteiger charge is -2.08. The van der Waals surface area contributed by atoms with E-state index in [4.69, 9.17) is 5.73 Å². The summed E-state index contributed by atoms with van der Waals surface area (Å²) in [4.78, 5) is 12.0. The van der Waals surface area contributed by atoms with Gasteiger partial charge in [0.15, 0.2) is 0 Å². The number of carbonyl (C=O) groups is 1. The number of hydrogen-bond donors (Lipinski definition) is 2. The third-order valence-electron chi connectivity index (χ3n) is 2.55. The van der Waals surface area contributed by atoms with Crippen LogP contribution in [0.3, 0.4) is 0 Å². The molecule has 1 amide bonds. The highest BCUT2D eigenvalue weighted by molar-refractivity contribution is 6.06. The summed E-state index contributed by atoms with van der Waals surface area (Å²) in [5, 5.41) is 6.34. The molecular formula is C12H13FN4O. The van der Waals surface area contributed by atoms with Gasteiger partial charge in [-0.25, -0.2) is 4.39 Å². The first kappa shape index (κ1) is 12.1. The standard InChI is InChI=1S/C12H13FN4O/c1-7-3-4-8(13)10(5-7)16-12(18)11-9(14)6-15-17(11)2/h3-6H,14H2,1-2H3,(H,16,18). The summed E-state index contributed by atoms with van der Waals surface area (Å²) in [6, 6.07) is 4.49. The summed E-state index contributed by atoms with van der Waals surface area (Å²) < 4.78 is 14.8. The van der Waals surface area contributed by atoms with Crippen molar-refractivity contribution in [3.05, 3.63) is 41.5 Å². The van der Waals surface area contributed by atoms with Gasteiger partial charge in [0.2, 0.25) is 0 Å². The Balaban J connectivity index is 2.30. The van der Waals surface area contributed by atoms with Gasteiger partial charge in [0.1, 0.15) is 11.5 Å². The van der Waals surface area contributed by atoms with Gasteiger partial charge in [-0.15, -0.1) is 0 Å². The first-order valence-electron chi connectivity index (χ1n) is 5.34. The highest BCUT2D eigenvalue weighted by Gasteiger charge is 2.16. The van der Waals surface area contributed by atoms with E-state index in [2.05, 4.69) is 10.4 Å². The molecule has 1 aromatic carbocycles. The van der Waals surface area contributed by atoms with Gasteiger partial charge >= 0.3 is 0 Å². The fraction of sp³-hybridized carbons (Fsp3) is 0.167. The summed E-state index contributed by atoms with van der Waals surface area (Å²) >= 11 is 0. The number of nitrogens with two attached hydrogens (primary N) is 1. The second-order valence-corrected chi connectivity index (χ2v) is 4.01. The van der Waals surface area contributed by atoms with E-state index in [1.54, 1.807) is 19.2 Å². The third kappa shape index (κ3) is 2.17. The zero-order chi connectivity index (χ0) is 13.3. The number of anilines is 2. The number of nitrogens with one attached hydrogen (secondary N) is 1. The van der Waals surface area contributed by atoms with Crippen LogP contribution in [-0.2, 0) is 7.05 Å². The van der Waals surface area contributed by atoms with Crippen LogP contribution in [-0.4, -0.2) is 15.7 Å². The molecule has 18 heavy (non-hydrogen) atoms. The molecule has 0 atom stereocenters. The van der Waals surface area contributed by atoms with Crippen molar-refractivity contribution in [1.82, 2.24) is 9.78 Å². The van der Waals surface area contributed by atoms with Gasteiger partial charge in [-0.2, -0.15) is 5.10 Å². The van der Waals surface area contributed by atoms with E-state index >= 15 is 0 Å². The summed E-state index contributed by atoms with van der Waals surface area (Å²) in [6.07, 6.45) is 1.38. The zero-order valence-corrected chi connectivity index (χ0v) is 10.1. The number of rotatable bonds is 2. The molecule has 2 rings (SSSR count). The lowest BCUT2D eigenvalue weighted by molar-refractivity contribution is 0.101. The molecule has 3 N–H and O–H groups in total. The van der Waals surface area contributed by atoms with Crippen molar-refractivity contribution in [2.75, 3.05) is 11.1 Å². The Hall–Kier alpha value is -2.37. The van der Waals surface area contributed by atoms with Gasteiger partial charge in [0.25, 0.3) is 5.91 Å². The van der Waals surface area contributed by atoms with Gasteiger partial charge in [-0.3, -0.25) is 9.48 Å². The molecule has 0 aliphatic heterocycles. The number of halogens is 1. The van der Waals surface area contributed by atoms with E-state index in [9.17, 15) is 9.18 Å². The number of nitrogen functional groups attached to an aromatic ring is 1. The number of amides is 1. The summed E-state index contributed by atoms with van der Waals surface area (Å²) in [6.45, 7) is 1.81. The average Bonchev–Trinajstić information content (AvgIpc) is 2.63. The Kier molecular flexibility index (Phi) is 3.01. The molecule has 6 heteroatoms. The number of benzene rings is 1. The van der Waals surface area contributed by atoms with Crippen molar-refractivity contribution in [3.8, 4) is 0 Å². The molecule has 0 radical (unpaired) electrons. The molecular weight excluding hydrogens is 235 g/mol. The molecule has 2 aromatic rings. The number of hydrogen-bond acceptors (Lipinski definition) is 3. The van der Waals surface area contributed by atoms with E-state index in [1.165, 1.54) is 16.9 Å². The minimum Gasteiger partial charge on any atom is -0.396 e. The second-order valence-electron chi connectivity index (χ2n) is 4.01. The van der Waals surface area contributed by atoms with Crippen LogP contribution in [0.15, 0.2) is 24.4 Å². The van der Waals surface area contributed by atoms with Crippen molar-refractivity contribution in [3.63, 3.8) is 0 Å². The van der Waals surface area contributed by atoms with Crippen LogP contribution >= 0.6 is 0 Å². The highest BCUT2D eigenvalue weighted by atomic mass is 19.1. The number of carbonyl (C=O) groups excluding carboxylic acids is 1. The van der Waals surface area contributed by atoms with Gasteiger partial charge in [0.05, 0.1) is 17.6 Å². The highest BCUT2D eigenvalue weighted by Crippen LogP contribution is 2.18. The molecule has 0 spiro atoms. The fourth-order valence-electron chi connectivity index (χ4n) is 1.65. The second kappa shape index (κ2) is 4.48. The van der Waals surface area contributed by atoms with Crippen LogP contribution in [0, 0.1) is 12.7 Å². The Labute approximate surface area is 103 Å². The summed E-state index contributed by atoms with van der Waals surface area (Å²) in [5.41, 5.74) is 7.06. The maximum Gasteiger partial charge on any atom is 0.276 e. The topological polar surface area (TPSA) is 72.9 Å². The van der Waals surface area contributed by atoms with Crippen molar-refractivity contribution in [2.24, 2.45) is 7.05 Å². The SMILES string of the molecule is Cc1ccc(F)c(NC(=O)c2c(N)cnn2C)c1. The molecule has 5 nitrogen and oxygen atoms in total. The van der Waals surface area contributed by atoms with Crippen LogP contribution in [0.4, 0.5) is 15.8 Å². The summed E-state index contributed by atoms with van der Waals surface area (Å²) in [5.74, 6) is -0.980. The normalized spacial score (nSPS) is 10.4. The Morgan fingerprint density at radius 2 is 2.22 bits per heavy atom. The van der Waals surface area contributed by atoms with Crippen LogP contribution in [0.25, 0.3) is 0 Å². The van der Waals surface area contributed by atoms with Gasteiger partial charge in [-0.1, -0.05) is 6.07 Å². The van der Waals surface area contributed by atoms with E-state index < -0.39 is 11.7 Å². The number of aromatic nitrogens is 2. The molecule has 0 unspecified atom stereocenters. The predicted octanol–water partition coefficient (Wildman–Crippen LogP) is 1.70. The van der Waals surface area contributed by atoms with E-state index in [0.717, 1.165) is 5.56 Å². The van der Waals surface area contributed by atoms with Crippen molar-refractivity contribution in [1.29, 1.82) is 0 Å². The minimum atomic E-state index is -0.491. The third-order valence-corrected chi connectivity index (χ3v) is 2.55. The summed E-state index contributed by atoms with van der Waals surface area (Å²) in [7, 11) is 1.60. The largest absolute Gasteiger partial charge is 0.396 e. The maximum absolute atomic E-state index is 13.5. The smallest absolute Gasteiger partial charge is 0.276 e. The molecule has 0 saturated heterocycles. The monoisotopic (exact) mass is 248 g/mol. The molecule has 0 bridgehead atoms. The van der Waals surface area contributed by atoms with Crippen molar-refractivity contribution < 1.29 is 9.18 Å².